The number of nitrogens with zero attached hydrogens (tertiary/aromatic N) is 1. The van der Waals surface area contributed by atoms with Gasteiger partial charge in [-0.15, -0.1) is 0 Å². The van der Waals surface area contributed by atoms with Gasteiger partial charge in [0.2, 0.25) is 5.91 Å². The number of unbranched alkanes of at least 4 members (excludes halogenated alkanes) is 3. The standard InChI is InChI=1S/C15H30N2OS/c1-14(15(18)17-11-7-5-8-12-17)16-10-6-3-4-9-13-19-2/h14,16H,3-13H2,1-2H3. The Hall–Kier alpha value is -0.220. The largest absolute Gasteiger partial charge is 0.341 e. The maximum atomic E-state index is 12.2. The summed E-state index contributed by atoms with van der Waals surface area (Å²) in [5.74, 6) is 1.57. The minimum atomic E-state index is -0.00991. The maximum Gasteiger partial charge on any atom is 0.239 e. The molecule has 0 aliphatic carbocycles. The molecule has 0 spiro atoms. The van der Waals surface area contributed by atoms with E-state index in [-0.39, 0.29) is 6.04 Å². The molecule has 1 unspecified atom stereocenters. The number of hydrogen-bond acceptors (Lipinski definition) is 3. The summed E-state index contributed by atoms with van der Waals surface area (Å²) in [4.78, 5) is 14.2. The molecule has 112 valence electrons. The van der Waals surface area contributed by atoms with Crippen LogP contribution in [0.25, 0.3) is 0 Å². The van der Waals surface area contributed by atoms with Gasteiger partial charge in [0, 0.05) is 13.1 Å². The fourth-order valence-electron chi connectivity index (χ4n) is 2.52. The number of carbonyl (C=O) groups excluding carboxylic acids is 1. The summed E-state index contributed by atoms with van der Waals surface area (Å²) in [7, 11) is 0. The fourth-order valence-corrected chi connectivity index (χ4v) is 3.01. The van der Waals surface area contributed by atoms with Gasteiger partial charge in [0.25, 0.3) is 0 Å². The lowest BCUT2D eigenvalue weighted by Crippen LogP contribution is -2.47. The molecule has 0 bridgehead atoms. The first-order valence-corrected chi connectivity index (χ1v) is 9.16. The first-order chi connectivity index (χ1) is 9.25. The van der Waals surface area contributed by atoms with Crippen molar-refractivity contribution in [3.8, 4) is 0 Å². The van der Waals surface area contributed by atoms with Crippen molar-refractivity contribution in [1.82, 2.24) is 10.2 Å². The molecule has 0 radical (unpaired) electrons. The Kier molecular flexibility index (Phi) is 9.35. The minimum Gasteiger partial charge on any atom is -0.341 e. The molecule has 1 heterocycles. The molecule has 4 heteroatoms. The van der Waals surface area contributed by atoms with Crippen LogP contribution < -0.4 is 5.32 Å². The van der Waals surface area contributed by atoms with Crippen LogP contribution in [0, 0.1) is 0 Å². The van der Waals surface area contributed by atoms with Gasteiger partial charge in [-0.05, 0) is 57.6 Å². The monoisotopic (exact) mass is 286 g/mol. The van der Waals surface area contributed by atoms with Gasteiger partial charge in [-0.1, -0.05) is 12.8 Å². The van der Waals surface area contributed by atoms with E-state index in [2.05, 4.69) is 11.6 Å². The Labute approximate surface area is 122 Å². The van der Waals surface area contributed by atoms with Gasteiger partial charge in [-0.3, -0.25) is 4.79 Å². The molecule has 3 nitrogen and oxygen atoms in total. The van der Waals surface area contributed by atoms with Crippen LogP contribution in [-0.2, 0) is 4.79 Å². The fraction of sp³-hybridized carbons (Fsp3) is 0.933. The van der Waals surface area contributed by atoms with Crippen molar-refractivity contribution in [2.75, 3.05) is 31.6 Å². The van der Waals surface area contributed by atoms with Crippen LogP contribution in [0.15, 0.2) is 0 Å². The molecule has 1 aliphatic heterocycles. The van der Waals surface area contributed by atoms with Crippen LogP contribution in [0.1, 0.15) is 51.9 Å². The molecule has 1 N–H and O–H groups in total. The highest BCUT2D eigenvalue weighted by Gasteiger charge is 2.21. The van der Waals surface area contributed by atoms with Crippen molar-refractivity contribution >= 4 is 17.7 Å². The number of carbonyl (C=O) groups is 1. The molecule has 1 amide bonds. The van der Waals surface area contributed by atoms with Crippen molar-refractivity contribution in [3.63, 3.8) is 0 Å². The molecular formula is C15H30N2OS. The van der Waals surface area contributed by atoms with Gasteiger partial charge in [-0.2, -0.15) is 11.8 Å². The van der Waals surface area contributed by atoms with Crippen molar-refractivity contribution in [2.24, 2.45) is 0 Å². The third-order valence-electron chi connectivity index (χ3n) is 3.76. The van der Waals surface area contributed by atoms with E-state index in [0.717, 1.165) is 19.6 Å². The topological polar surface area (TPSA) is 32.3 Å². The molecule has 0 aromatic rings. The van der Waals surface area contributed by atoms with E-state index in [1.54, 1.807) is 0 Å². The van der Waals surface area contributed by atoms with Crippen LogP contribution >= 0.6 is 11.8 Å². The Morgan fingerprint density at radius 2 is 1.84 bits per heavy atom. The number of likely N-dealkylation sites (tertiary alicyclic amines) is 1. The van der Waals surface area contributed by atoms with Gasteiger partial charge < -0.3 is 10.2 Å². The Balaban J connectivity index is 2.03. The smallest absolute Gasteiger partial charge is 0.239 e. The summed E-state index contributed by atoms with van der Waals surface area (Å²) < 4.78 is 0. The zero-order valence-corrected chi connectivity index (χ0v) is 13.4. The van der Waals surface area contributed by atoms with Crippen LogP contribution in [0.3, 0.4) is 0 Å². The summed E-state index contributed by atoms with van der Waals surface area (Å²) in [6, 6.07) is -0.00991. The SMILES string of the molecule is CSCCCCCCNC(C)C(=O)N1CCCCC1. The number of hydrogen-bond donors (Lipinski definition) is 1. The first kappa shape index (κ1) is 16.8. The van der Waals surface area contributed by atoms with Gasteiger partial charge in [0.15, 0.2) is 0 Å². The highest BCUT2D eigenvalue weighted by Crippen LogP contribution is 2.10. The van der Waals surface area contributed by atoms with Crippen molar-refractivity contribution < 1.29 is 4.79 Å². The van der Waals surface area contributed by atoms with E-state index >= 15 is 0 Å². The van der Waals surface area contributed by atoms with E-state index in [4.69, 9.17) is 0 Å². The number of rotatable bonds is 9. The molecular weight excluding hydrogens is 256 g/mol. The van der Waals surface area contributed by atoms with Gasteiger partial charge in [-0.25, -0.2) is 0 Å². The maximum absolute atomic E-state index is 12.2. The number of thioether (sulfide) groups is 1. The molecule has 1 saturated heterocycles. The Morgan fingerprint density at radius 3 is 2.53 bits per heavy atom. The molecule has 0 saturated carbocycles. The normalized spacial score (nSPS) is 17.5. The third kappa shape index (κ3) is 7.21. The summed E-state index contributed by atoms with van der Waals surface area (Å²) >= 11 is 1.92. The predicted molar refractivity (Wildman–Crippen MR) is 84.7 cm³/mol. The molecule has 0 aromatic heterocycles. The van der Waals surface area contributed by atoms with Gasteiger partial charge in [0.1, 0.15) is 0 Å². The van der Waals surface area contributed by atoms with E-state index in [0.29, 0.717) is 5.91 Å². The summed E-state index contributed by atoms with van der Waals surface area (Å²) in [6.45, 7) is 4.89. The van der Waals surface area contributed by atoms with Crippen LogP contribution in [0.4, 0.5) is 0 Å². The molecule has 0 aromatic carbocycles. The summed E-state index contributed by atoms with van der Waals surface area (Å²) in [5.41, 5.74) is 0. The quantitative estimate of drug-likeness (QED) is 0.662. The molecule has 1 aliphatic rings. The van der Waals surface area contributed by atoms with Gasteiger partial charge >= 0.3 is 0 Å². The lowest BCUT2D eigenvalue weighted by atomic mass is 10.1. The Morgan fingerprint density at radius 1 is 1.16 bits per heavy atom. The highest BCUT2D eigenvalue weighted by atomic mass is 32.2. The van der Waals surface area contributed by atoms with Crippen LogP contribution in [0.5, 0.6) is 0 Å². The molecule has 1 rings (SSSR count). The number of nitrogens with one attached hydrogen (secondary N) is 1. The van der Waals surface area contributed by atoms with Crippen molar-refractivity contribution in [2.45, 2.75) is 57.9 Å². The highest BCUT2D eigenvalue weighted by molar-refractivity contribution is 7.98. The molecule has 1 atom stereocenters. The Bertz CT molecular complexity index is 242. The van der Waals surface area contributed by atoms with Crippen molar-refractivity contribution in [3.05, 3.63) is 0 Å². The first-order valence-electron chi connectivity index (χ1n) is 7.77. The zero-order chi connectivity index (χ0) is 13.9. The predicted octanol–water partition coefficient (Wildman–Crippen LogP) is 2.90. The second-order valence-electron chi connectivity index (χ2n) is 5.47. The third-order valence-corrected chi connectivity index (χ3v) is 4.46. The van der Waals surface area contributed by atoms with E-state index in [9.17, 15) is 4.79 Å². The summed E-state index contributed by atoms with van der Waals surface area (Å²) in [6.07, 6.45) is 10.9. The van der Waals surface area contributed by atoms with E-state index in [1.165, 1.54) is 50.7 Å². The van der Waals surface area contributed by atoms with E-state index in [1.807, 2.05) is 23.6 Å². The van der Waals surface area contributed by atoms with Crippen molar-refractivity contribution in [1.29, 1.82) is 0 Å². The number of piperidine rings is 1. The summed E-state index contributed by atoms with van der Waals surface area (Å²) in [5, 5.41) is 3.37. The van der Waals surface area contributed by atoms with Crippen LogP contribution in [-0.4, -0.2) is 48.5 Å². The number of amides is 1. The van der Waals surface area contributed by atoms with Gasteiger partial charge in [0.05, 0.1) is 6.04 Å². The zero-order valence-electron chi connectivity index (χ0n) is 12.6. The molecule has 1 fully saturated rings. The second-order valence-corrected chi connectivity index (χ2v) is 6.45. The van der Waals surface area contributed by atoms with Crippen LogP contribution in [0.2, 0.25) is 0 Å². The lowest BCUT2D eigenvalue weighted by Gasteiger charge is -2.29. The minimum absolute atomic E-state index is 0.00991. The molecule has 19 heavy (non-hydrogen) atoms. The van der Waals surface area contributed by atoms with E-state index < -0.39 is 0 Å². The average Bonchev–Trinajstić information content (AvgIpc) is 2.46. The lowest BCUT2D eigenvalue weighted by molar-refractivity contribution is -0.133. The second kappa shape index (κ2) is 10.6. The average molecular weight is 286 g/mol.